The van der Waals surface area contributed by atoms with Crippen LogP contribution in [0.4, 0.5) is 5.69 Å². The molecule has 4 rings (SSSR count). The first kappa shape index (κ1) is 12.5. The van der Waals surface area contributed by atoms with Gasteiger partial charge in [0.1, 0.15) is 12.4 Å². The fourth-order valence-electron chi connectivity index (χ4n) is 3.56. The fraction of sp³-hybridized carbons (Fsp3) is 0.688. The molecule has 1 saturated carbocycles. The van der Waals surface area contributed by atoms with E-state index in [1.54, 1.807) is 0 Å². The first-order valence-electron chi connectivity index (χ1n) is 7.90. The molecule has 3 atom stereocenters. The first-order chi connectivity index (χ1) is 9.83. The molecular formula is C16H23N3O. The van der Waals surface area contributed by atoms with Crippen LogP contribution in [-0.4, -0.2) is 48.7 Å². The van der Waals surface area contributed by atoms with E-state index < -0.39 is 0 Å². The Balaban J connectivity index is 1.36. The molecular weight excluding hydrogens is 250 g/mol. The number of fused-ring (bicyclic) bond motifs is 1. The smallest absolute Gasteiger partial charge is 0.139 e. The lowest BCUT2D eigenvalue weighted by molar-refractivity contribution is 0.0560. The Morgan fingerprint density at radius 2 is 2.15 bits per heavy atom. The van der Waals surface area contributed by atoms with Crippen LogP contribution >= 0.6 is 0 Å². The Bertz CT molecular complexity index is 480. The maximum Gasteiger partial charge on any atom is 0.139 e. The van der Waals surface area contributed by atoms with E-state index in [0.29, 0.717) is 6.04 Å². The van der Waals surface area contributed by atoms with E-state index in [9.17, 15) is 0 Å². The van der Waals surface area contributed by atoms with Crippen molar-refractivity contribution in [2.24, 2.45) is 11.8 Å². The van der Waals surface area contributed by atoms with Crippen molar-refractivity contribution >= 4 is 5.69 Å². The van der Waals surface area contributed by atoms with E-state index in [-0.39, 0.29) is 0 Å². The molecule has 4 heteroatoms. The number of piperidine rings is 1. The van der Waals surface area contributed by atoms with Crippen LogP contribution in [0.2, 0.25) is 0 Å². The van der Waals surface area contributed by atoms with Gasteiger partial charge in [-0.2, -0.15) is 0 Å². The van der Waals surface area contributed by atoms with Gasteiger partial charge in [0.05, 0.1) is 18.1 Å². The average Bonchev–Trinajstić information content (AvgIpc) is 3.05. The molecule has 1 aromatic heterocycles. The van der Waals surface area contributed by atoms with Gasteiger partial charge in [0, 0.05) is 31.7 Å². The minimum atomic E-state index is 0.600. The second-order valence-electron chi connectivity index (χ2n) is 6.42. The summed E-state index contributed by atoms with van der Waals surface area (Å²) in [6.07, 6.45) is 6.51. The van der Waals surface area contributed by atoms with E-state index in [1.807, 2.05) is 12.4 Å². The monoisotopic (exact) mass is 273 g/mol. The van der Waals surface area contributed by atoms with E-state index in [2.05, 4.69) is 27.8 Å². The predicted octanol–water partition coefficient (Wildman–Crippen LogP) is 2.01. The number of pyridine rings is 1. The minimum Gasteiger partial charge on any atom is -0.490 e. The third-order valence-electron chi connectivity index (χ3n) is 5.16. The molecule has 108 valence electrons. The number of nitrogens with zero attached hydrogens (tertiary/aromatic N) is 3. The number of aromatic nitrogens is 1. The third kappa shape index (κ3) is 2.26. The van der Waals surface area contributed by atoms with Gasteiger partial charge >= 0.3 is 0 Å². The number of ether oxygens (including phenoxy) is 1. The highest BCUT2D eigenvalue weighted by atomic mass is 16.5. The van der Waals surface area contributed by atoms with Gasteiger partial charge < -0.3 is 9.64 Å². The molecule has 0 spiro atoms. The van der Waals surface area contributed by atoms with Crippen molar-refractivity contribution in [1.29, 1.82) is 0 Å². The van der Waals surface area contributed by atoms with Gasteiger partial charge in [-0.1, -0.05) is 6.92 Å². The van der Waals surface area contributed by atoms with Crippen molar-refractivity contribution in [2.75, 3.05) is 37.7 Å². The summed E-state index contributed by atoms with van der Waals surface area (Å²) in [4.78, 5) is 9.27. The van der Waals surface area contributed by atoms with Crippen molar-refractivity contribution in [3.63, 3.8) is 0 Å². The lowest BCUT2D eigenvalue weighted by atomic mass is 10.0. The highest BCUT2D eigenvalue weighted by Crippen LogP contribution is 2.46. The summed E-state index contributed by atoms with van der Waals surface area (Å²) >= 11 is 0. The molecule has 1 aliphatic carbocycles. The highest BCUT2D eigenvalue weighted by Gasteiger charge is 2.45. The SMILES string of the molecule is CCN1CCC1COc1cncc(N2CC3CC3C2)c1. The Hall–Kier alpha value is -1.29. The van der Waals surface area contributed by atoms with Crippen LogP contribution in [0.5, 0.6) is 5.75 Å². The molecule has 4 nitrogen and oxygen atoms in total. The van der Waals surface area contributed by atoms with Gasteiger partial charge in [0.15, 0.2) is 0 Å². The number of rotatable bonds is 5. The summed E-state index contributed by atoms with van der Waals surface area (Å²) in [5.74, 6) is 2.83. The summed E-state index contributed by atoms with van der Waals surface area (Å²) in [6, 6.07) is 2.76. The maximum atomic E-state index is 5.95. The summed E-state index contributed by atoms with van der Waals surface area (Å²) in [5.41, 5.74) is 1.23. The van der Waals surface area contributed by atoms with E-state index in [1.165, 1.54) is 38.2 Å². The molecule has 3 heterocycles. The number of hydrogen-bond acceptors (Lipinski definition) is 4. The summed E-state index contributed by atoms with van der Waals surface area (Å²) in [5, 5.41) is 0. The Kier molecular flexibility index (Phi) is 3.06. The second-order valence-corrected chi connectivity index (χ2v) is 6.42. The van der Waals surface area contributed by atoms with Gasteiger partial charge in [-0.3, -0.25) is 9.88 Å². The topological polar surface area (TPSA) is 28.6 Å². The van der Waals surface area contributed by atoms with Crippen molar-refractivity contribution in [3.05, 3.63) is 18.5 Å². The van der Waals surface area contributed by atoms with Crippen molar-refractivity contribution < 1.29 is 4.74 Å². The van der Waals surface area contributed by atoms with E-state index >= 15 is 0 Å². The lowest BCUT2D eigenvalue weighted by Gasteiger charge is -2.39. The van der Waals surface area contributed by atoms with Crippen LogP contribution in [0.1, 0.15) is 19.8 Å². The summed E-state index contributed by atoms with van der Waals surface area (Å²) in [6.45, 7) is 7.78. The van der Waals surface area contributed by atoms with Crippen LogP contribution in [0.25, 0.3) is 0 Å². The zero-order valence-corrected chi connectivity index (χ0v) is 12.2. The van der Waals surface area contributed by atoms with Crippen LogP contribution < -0.4 is 9.64 Å². The Morgan fingerprint density at radius 1 is 1.30 bits per heavy atom. The normalized spacial score (nSPS) is 31.9. The molecule has 0 N–H and O–H groups in total. The van der Waals surface area contributed by atoms with Crippen molar-refractivity contribution in [3.8, 4) is 5.75 Å². The van der Waals surface area contributed by atoms with Crippen molar-refractivity contribution in [2.45, 2.75) is 25.8 Å². The van der Waals surface area contributed by atoms with Gasteiger partial charge in [0.25, 0.3) is 0 Å². The van der Waals surface area contributed by atoms with Gasteiger partial charge in [0.2, 0.25) is 0 Å². The first-order valence-corrected chi connectivity index (χ1v) is 7.90. The number of anilines is 1. The minimum absolute atomic E-state index is 0.600. The molecule has 0 bridgehead atoms. The summed E-state index contributed by atoms with van der Waals surface area (Å²) < 4.78 is 5.95. The third-order valence-corrected chi connectivity index (χ3v) is 5.16. The van der Waals surface area contributed by atoms with Gasteiger partial charge in [-0.25, -0.2) is 0 Å². The molecule has 0 aromatic carbocycles. The maximum absolute atomic E-state index is 5.95. The molecule has 3 unspecified atom stereocenters. The Labute approximate surface area is 120 Å². The van der Waals surface area contributed by atoms with Crippen molar-refractivity contribution in [1.82, 2.24) is 9.88 Å². The molecule has 2 saturated heterocycles. The van der Waals surface area contributed by atoms with E-state index in [0.717, 1.165) is 30.7 Å². The molecule has 0 radical (unpaired) electrons. The number of likely N-dealkylation sites (N-methyl/N-ethyl adjacent to an activating group) is 1. The average molecular weight is 273 g/mol. The number of hydrogen-bond donors (Lipinski definition) is 0. The Morgan fingerprint density at radius 3 is 2.85 bits per heavy atom. The van der Waals surface area contributed by atoms with Crippen LogP contribution in [-0.2, 0) is 0 Å². The quantitative estimate of drug-likeness (QED) is 0.820. The van der Waals surface area contributed by atoms with Gasteiger partial charge in [-0.05, 0) is 31.2 Å². The largest absolute Gasteiger partial charge is 0.490 e. The molecule has 3 fully saturated rings. The number of likely N-dealkylation sites (tertiary alicyclic amines) is 1. The highest BCUT2D eigenvalue weighted by molar-refractivity contribution is 5.50. The second kappa shape index (κ2) is 4.92. The van der Waals surface area contributed by atoms with Crippen LogP contribution in [0.3, 0.4) is 0 Å². The molecule has 20 heavy (non-hydrogen) atoms. The molecule has 0 amide bonds. The van der Waals surface area contributed by atoms with Crippen LogP contribution in [0, 0.1) is 11.8 Å². The predicted molar refractivity (Wildman–Crippen MR) is 79.2 cm³/mol. The van der Waals surface area contributed by atoms with Gasteiger partial charge in [-0.15, -0.1) is 0 Å². The zero-order chi connectivity index (χ0) is 13.5. The molecule has 3 aliphatic rings. The molecule has 1 aromatic rings. The van der Waals surface area contributed by atoms with Crippen LogP contribution in [0.15, 0.2) is 18.5 Å². The standard InChI is InChI=1S/C16H23N3O/c1-2-18-4-3-14(18)11-20-16-6-15(7-17-8-16)19-9-12-5-13(12)10-19/h6-8,12-14H,2-5,9-11H2,1H3. The molecule has 2 aliphatic heterocycles. The fourth-order valence-corrected chi connectivity index (χ4v) is 3.56. The lowest BCUT2D eigenvalue weighted by Crippen LogP contribution is -2.50. The zero-order valence-electron chi connectivity index (χ0n) is 12.2. The summed E-state index contributed by atoms with van der Waals surface area (Å²) in [7, 11) is 0. The van der Waals surface area contributed by atoms with E-state index in [4.69, 9.17) is 4.74 Å².